The van der Waals surface area contributed by atoms with Crippen molar-refractivity contribution in [1.29, 1.82) is 0 Å². The largest absolute Gasteiger partial charge is 0.490 e. The highest BCUT2D eigenvalue weighted by molar-refractivity contribution is 6.39. The molecule has 1 fully saturated rings. The van der Waals surface area contributed by atoms with E-state index in [2.05, 4.69) is 5.32 Å². The number of aryl methyl sites for hydroxylation is 2. The van der Waals surface area contributed by atoms with Crippen LogP contribution in [0.4, 0.5) is 10.5 Å². The molecule has 33 heavy (non-hydrogen) atoms. The van der Waals surface area contributed by atoms with Crippen molar-refractivity contribution in [1.82, 2.24) is 5.32 Å². The molecule has 0 radical (unpaired) electrons. The van der Waals surface area contributed by atoms with Crippen molar-refractivity contribution in [2.75, 3.05) is 18.1 Å². The van der Waals surface area contributed by atoms with Crippen molar-refractivity contribution in [2.45, 2.75) is 20.8 Å². The lowest BCUT2D eigenvalue weighted by Crippen LogP contribution is -2.54. The van der Waals surface area contributed by atoms with E-state index in [4.69, 9.17) is 26.2 Å². The third kappa shape index (κ3) is 5.32. The molecule has 1 heterocycles. The normalized spacial score (nSPS) is 15.0. The number of nitrogens with zero attached hydrogens (tertiary/aromatic N) is 1. The average molecular weight is 473 g/mol. The van der Waals surface area contributed by atoms with Gasteiger partial charge in [-0.3, -0.25) is 14.9 Å². The maximum absolute atomic E-state index is 13.1. The van der Waals surface area contributed by atoms with E-state index in [-0.39, 0.29) is 28.7 Å². The fourth-order valence-corrected chi connectivity index (χ4v) is 3.62. The van der Waals surface area contributed by atoms with Gasteiger partial charge in [0.05, 0.1) is 17.3 Å². The van der Waals surface area contributed by atoms with Gasteiger partial charge in [-0.15, -0.1) is 0 Å². The van der Waals surface area contributed by atoms with Gasteiger partial charge < -0.3 is 14.6 Å². The van der Waals surface area contributed by atoms with Gasteiger partial charge in [-0.2, -0.15) is 0 Å². The molecule has 2 aromatic rings. The van der Waals surface area contributed by atoms with E-state index in [9.17, 15) is 19.2 Å². The molecule has 3 rings (SSSR count). The summed E-state index contributed by atoms with van der Waals surface area (Å²) in [6.07, 6.45) is 1.27. The van der Waals surface area contributed by atoms with Crippen LogP contribution in [0.5, 0.6) is 11.5 Å². The number of carboxylic acid groups (broad SMARTS) is 1. The Hall–Kier alpha value is -3.85. The predicted molar refractivity (Wildman–Crippen MR) is 121 cm³/mol. The van der Waals surface area contributed by atoms with E-state index in [1.165, 1.54) is 18.2 Å². The first-order chi connectivity index (χ1) is 15.6. The van der Waals surface area contributed by atoms with Gasteiger partial charge in [0.25, 0.3) is 11.8 Å². The summed E-state index contributed by atoms with van der Waals surface area (Å²) >= 11 is 6.25. The minimum atomic E-state index is -1.19. The van der Waals surface area contributed by atoms with Gasteiger partial charge in [-0.05, 0) is 67.8 Å². The first kappa shape index (κ1) is 23.8. The molecule has 0 bridgehead atoms. The Morgan fingerprint density at radius 1 is 1.09 bits per heavy atom. The van der Waals surface area contributed by atoms with Crippen molar-refractivity contribution in [3.05, 3.63) is 57.6 Å². The molecule has 0 aliphatic carbocycles. The molecule has 0 atom stereocenters. The minimum Gasteiger partial charge on any atom is -0.490 e. The molecule has 9 nitrogen and oxygen atoms in total. The molecule has 10 heteroatoms. The first-order valence-corrected chi connectivity index (χ1v) is 10.3. The number of halogens is 1. The van der Waals surface area contributed by atoms with Gasteiger partial charge in [0.15, 0.2) is 18.1 Å². The van der Waals surface area contributed by atoms with Crippen LogP contribution in [-0.2, 0) is 14.4 Å². The molecule has 172 valence electrons. The van der Waals surface area contributed by atoms with Crippen molar-refractivity contribution in [3.63, 3.8) is 0 Å². The van der Waals surface area contributed by atoms with Crippen LogP contribution in [0.15, 0.2) is 35.9 Å². The monoisotopic (exact) mass is 472 g/mol. The molecule has 0 spiro atoms. The van der Waals surface area contributed by atoms with Crippen LogP contribution in [0.3, 0.4) is 0 Å². The zero-order chi connectivity index (χ0) is 24.3. The fraction of sp³-hybridized carbons (Fsp3) is 0.217. The topological polar surface area (TPSA) is 122 Å². The molecule has 1 aliphatic rings. The van der Waals surface area contributed by atoms with Crippen LogP contribution < -0.4 is 19.7 Å². The smallest absolute Gasteiger partial charge is 0.341 e. The van der Waals surface area contributed by atoms with Crippen LogP contribution in [0, 0.1) is 13.8 Å². The Bertz CT molecular complexity index is 1170. The summed E-state index contributed by atoms with van der Waals surface area (Å²) in [5.41, 5.74) is 2.06. The number of hydrogen-bond acceptors (Lipinski definition) is 6. The third-order valence-electron chi connectivity index (χ3n) is 4.55. The van der Waals surface area contributed by atoms with E-state index in [0.717, 1.165) is 16.0 Å². The summed E-state index contributed by atoms with van der Waals surface area (Å²) in [5.74, 6) is -2.68. The van der Waals surface area contributed by atoms with Crippen LogP contribution in [0.25, 0.3) is 6.08 Å². The number of carbonyl (C=O) groups excluding carboxylic acids is 3. The van der Waals surface area contributed by atoms with E-state index in [1.807, 2.05) is 19.9 Å². The summed E-state index contributed by atoms with van der Waals surface area (Å²) in [5, 5.41) is 11.1. The average Bonchev–Trinajstić information content (AvgIpc) is 2.69. The van der Waals surface area contributed by atoms with Crippen molar-refractivity contribution in [3.8, 4) is 11.5 Å². The summed E-state index contributed by atoms with van der Waals surface area (Å²) in [7, 11) is 0. The zero-order valence-corrected chi connectivity index (χ0v) is 18.9. The molecule has 1 aliphatic heterocycles. The number of ether oxygens (including phenoxy) is 2. The van der Waals surface area contributed by atoms with Crippen LogP contribution in [-0.4, -0.2) is 42.1 Å². The van der Waals surface area contributed by atoms with Crippen molar-refractivity contribution < 1.29 is 33.8 Å². The number of hydrogen-bond donors (Lipinski definition) is 2. The number of aliphatic carboxylic acids is 1. The van der Waals surface area contributed by atoms with Gasteiger partial charge in [0.2, 0.25) is 0 Å². The quantitative estimate of drug-likeness (QED) is 0.467. The van der Waals surface area contributed by atoms with Gasteiger partial charge in [-0.1, -0.05) is 17.7 Å². The van der Waals surface area contributed by atoms with Gasteiger partial charge in [-0.25, -0.2) is 14.5 Å². The highest BCUT2D eigenvalue weighted by Gasteiger charge is 2.37. The van der Waals surface area contributed by atoms with E-state index in [1.54, 1.807) is 19.1 Å². The van der Waals surface area contributed by atoms with Crippen LogP contribution in [0.1, 0.15) is 23.6 Å². The Balaban J connectivity index is 2.03. The lowest BCUT2D eigenvalue weighted by molar-refractivity contribution is -0.139. The van der Waals surface area contributed by atoms with E-state index < -0.39 is 30.4 Å². The number of amides is 4. The highest BCUT2D eigenvalue weighted by atomic mass is 35.5. The lowest BCUT2D eigenvalue weighted by Gasteiger charge is -2.27. The number of nitrogens with one attached hydrogen (secondary N) is 1. The van der Waals surface area contributed by atoms with E-state index in [0.29, 0.717) is 11.3 Å². The van der Waals surface area contributed by atoms with Crippen LogP contribution >= 0.6 is 11.6 Å². The number of carboxylic acids is 1. The number of anilines is 1. The molecule has 0 aromatic heterocycles. The number of imide groups is 2. The first-order valence-electron chi connectivity index (χ1n) is 9.91. The second-order valence-corrected chi connectivity index (χ2v) is 7.66. The van der Waals surface area contributed by atoms with Crippen LogP contribution in [0.2, 0.25) is 5.02 Å². The molecular formula is C23H21ClN2O7. The highest BCUT2D eigenvalue weighted by Crippen LogP contribution is 2.37. The Morgan fingerprint density at radius 2 is 1.76 bits per heavy atom. The molecule has 2 aromatic carbocycles. The van der Waals surface area contributed by atoms with E-state index >= 15 is 0 Å². The molecular weight excluding hydrogens is 452 g/mol. The second-order valence-electron chi connectivity index (χ2n) is 7.25. The Labute approximate surface area is 194 Å². The maximum atomic E-state index is 13.1. The lowest BCUT2D eigenvalue weighted by atomic mass is 10.0. The molecule has 4 amide bonds. The predicted octanol–water partition coefficient (Wildman–Crippen LogP) is 3.49. The minimum absolute atomic E-state index is 0.0227. The number of benzene rings is 2. The van der Waals surface area contributed by atoms with Crippen molar-refractivity contribution >= 4 is 47.2 Å². The molecule has 0 unspecified atom stereocenters. The van der Waals surface area contributed by atoms with Gasteiger partial charge in [0.1, 0.15) is 5.57 Å². The van der Waals surface area contributed by atoms with Gasteiger partial charge >= 0.3 is 12.0 Å². The summed E-state index contributed by atoms with van der Waals surface area (Å²) in [4.78, 5) is 49.8. The zero-order valence-electron chi connectivity index (χ0n) is 18.1. The molecule has 2 N–H and O–H groups in total. The molecule has 1 saturated heterocycles. The third-order valence-corrected chi connectivity index (χ3v) is 4.83. The molecule has 0 saturated carbocycles. The van der Waals surface area contributed by atoms with Crippen molar-refractivity contribution in [2.24, 2.45) is 0 Å². The second kappa shape index (κ2) is 9.74. The standard InChI is InChI=1S/C23H21ClN2O7/c1-4-32-18-10-14(9-17(24)20(18)33-11-19(27)28)8-16-21(29)25-23(31)26(22(16)30)15-6-12(2)5-13(3)7-15/h5-10H,4,11H2,1-3H3,(H,27,28)(H,25,29,31)/b16-8+. The maximum Gasteiger partial charge on any atom is 0.341 e. The SMILES string of the molecule is CCOc1cc(/C=C2\C(=O)NC(=O)N(c3cc(C)cc(C)c3)C2=O)cc(Cl)c1OCC(=O)O. The Morgan fingerprint density at radius 3 is 2.36 bits per heavy atom. The fourth-order valence-electron chi connectivity index (χ4n) is 3.35. The number of carbonyl (C=O) groups is 4. The number of urea groups is 1. The number of rotatable bonds is 7. The van der Waals surface area contributed by atoms with Gasteiger partial charge in [0, 0.05) is 0 Å². The summed E-state index contributed by atoms with van der Waals surface area (Å²) < 4.78 is 10.7. The number of barbiturate groups is 1. The summed E-state index contributed by atoms with van der Waals surface area (Å²) in [6, 6.07) is 7.22. The Kier molecular flexibility index (Phi) is 7.03. The summed E-state index contributed by atoms with van der Waals surface area (Å²) in [6.45, 7) is 4.97.